The molecule has 1 aliphatic heterocycles. The number of benzene rings is 1. The highest BCUT2D eigenvalue weighted by molar-refractivity contribution is 5.21. The lowest BCUT2D eigenvalue weighted by Gasteiger charge is -2.34. The molecule has 0 aliphatic carbocycles. The maximum atomic E-state index is 9.34. The Morgan fingerprint density at radius 3 is 2.69 bits per heavy atom. The second-order valence-electron chi connectivity index (χ2n) is 4.79. The molecule has 1 aromatic rings. The molecule has 1 aliphatic rings. The van der Waals surface area contributed by atoms with Gasteiger partial charge in [-0.2, -0.15) is 0 Å². The second kappa shape index (κ2) is 5.46. The fourth-order valence-electron chi connectivity index (χ4n) is 2.40. The summed E-state index contributed by atoms with van der Waals surface area (Å²) in [5.74, 6) is 0. The van der Waals surface area contributed by atoms with Gasteiger partial charge in [0.1, 0.15) is 0 Å². The molecule has 1 fully saturated rings. The summed E-state index contributed by atoms with van der Waals surface area (Å²) in [6.07, 6.45) is 3.67. The van der Waals surface area contributed by atoms with E-state index in [1.54, 1.807) is 0 Å². The SMILES string of the molecule is Cc1ccc(CN2CCCC[C@H]2CO)cc1. The van der Waals surface area contributed by atoms with E-state index in [1.165, 1.54) is 24.0 Å². The van der Waals surface area contributed by atoms with Crippen molar-refractivity contribution in [2.24, 2.45) is 0 Å². The summed E-state index contributed by atoms with van der Waals surface area (Å²) in [4.78, 5) is 2.41. The van der Waals surface area contributed by atoms with Gasteiger partial charge in [0.25, 0.3) is 0 Å². The van der Waals surface area contributed by atoms with Gasteiger partial charge in [0.05, 0.1) is 6.61 Å². The molecular formula is C14H21NO. The molecule has 0 unspecified atom stereocenters. The van der Waals surface area contributed by atoms with Crippen LogP contribution in [-0.2, 0) is 6.54 Å². The van der Waals surface area contributed by atoms with E-state index in [-0.39, 0.29) is 0 Å². The van der Waals surface area contributed by atoms with Gasteiger partial charge in [-0.3, -0.25) is 4.90 Å². The molecule has 88 valence electrons. The molecule has 0 bridgehead atoms. The minimum atomic E-state index is 0.297. The maximum absolute atomic E-state index is 9.34. The number of aliphatic hydroxyl groups excluding tert-OH is 1. The number of nitrogens with zero attached hydrogens (tertiary/aromatic N) is 1. The quantitative estimate of drug-likeness (QED) is 0.843. The summed E-state index contributed by atoms with van der Waals surface area (Å²) in [5.41, 5.74) is 2.66. The molecule has 0 spiro atoms. The summed E-state index contributed by atoms with van der Waals surface area (Å²) in [5, 5.41) is 9.34. The largest absolute Gasteiger partial charge is 0.395 e. The van der Waals surface area contributed by atoms with Crippen LogP contribution in [0.3, 0.4) is 0 Å². The first kappa shape index (κ1) is 11.6. The highest BCUT2D eigenvalue weighted by Gasteiger charge is 2.21. The fraction of sp³-hybridized carbons (Fsp3) is 0.571. The molecule has 1 atom stereocenters. The highest BCUT2D eigenvalue weighted by atomic mass is 16.3. The van der Waals surface area contributed by atoms with Gasteiger partial charge in [0.2, 0.25) is 0 Å². The Morgan fingerprint density at radius 1 is 1.25 bits per heavy atom. The van der Waals surface area contributed by atoms with Crippen molar-refractivity contribution in [3.8, 4) is 0 Å². The Hall–Kier alpha value is -0.860. The van der Waals surface area contributed by atoms with Gasteiger partial charge in [0, 0.05) is 12.6 Å². The van der Waals surface area contributed by atoms with E-state index < -0.39 is 0 Å². The van der Waals surface area contributed by atoms with Crippen molar-refractivity contribution < 1.29 is 5.11 Å². The first-order chi connectivity index (χ1) is 7.79. The van der Waals surface area contributed by atoms with Crippen molar-refractivity contribution in [3.05, 3.63) is 35.4 Å². The monoisotopic (exact) mass is 219 g/mol. The minimum absolute atomic E-state index is 0.297. The van der Waals surface area contributed by atoms with E-state index in [0.29, 0.717) is 12.6 Å². The van der Waals surface area contributed by atoms with Crippen molar-refractivity contribution in [2.75, 3.05) is 13.2 Å². The Labute approximate surface area is 97.9 Å². The molecule has 0 aromatic heterocycles. The minimum Gasteiger partial charge on any atom is -0.395 e. The van der Waals surface area contributed by atoms with Gasteiger partial charge in [-0.1, -0.05) is 36.2 Å². The van der Waals surface area contributed by atoms with Gasteiger partial charge < -0.3 is 5.11 Å². The second-order valence-corrected chi connectivity index (χ2v) is 4.79. The molecule has 1 heterocycles. The third-order valence-corrected chi connectivity index (χ3v) is 3.47. The van der Waals surface area contributed by atoms with Gasteiger partial charge in [-0.05, 0) is 31.9 Å². The average molecular weight is 219 g/mol. The summed E-state index contributed by atoms with van der Waals surface area (Å²) in [6.45, 7) is 4.51. The number of aliphatic hydroxyl groups is 1. The average Bonchev–Trinajstić information content (AvgIpc) is 2.33. The predicted octanol–water partition coefficient (Wildman–Crippen LogP) is 2.34. The van der Waals surface area contributed by atoms with Crippen LogP contribution in [-0.4, -0.2) is 29.2 Å². The number of hydrogen-bond donors (Lipinski definition) is 1. The molecule has 0 saturated carbocycles. The summed E-state index contributed by atoms with van der Waals surface area (Å²) in [6, 6.07) is 9.08. The van der Waals surface area contributed by atoms with Crippen LogP contribution in [0.25, 0.3) is 0 Å². The van der Waals surface area contributed by atoms with Crippen LogP contribution in [0, 0.1) is 6.92 Å². The third kappa shape index (κ3) is 2.83. The molecule has 2 rings (SSSR count). The van der Waals surface area contributed by atoms with Crippen LogP contribution < -0.4 is 0 Å². The molecule has 1 saturated heterocycles. The Kier molecular flexibility index (Phi) is 3.97. The lowest BCUT2D eigenvalue weighted by Crippen LogP contribution is -2.41. The van der Waals surface area contributed by atoms with E-state index in [1.807, 2.05) is 0 Å². The third-order valence-electron chi connectivity index (χ3n) is 3.47. The predicted molar refractivity (Wildman–Crippen MR) is 66.3 cm³/mol. The van der Waals surface area contributed by atoms with Crippen molar-refractivity contribution in [1.82, 2.24) is 4.90 Å². The lowest BCUT2D eigenvalue weighted by atomic mass is 10.0. The summed E-state index contributed by atoms with van der Waals surface area (Å²) in [7, 11) is 0. The number of hydrogen-bond acceptors (Lipinski definition) is 2. The number of piperidine rings is 1. The van der Waals surface area contributed by atoms with Gasteiger partial charge in [-0.15, -0.1) is 0 Å². The van der Waals surface area contributed by atoms with E-state index in [9.17, 15) is 5.11 Å². The van der Waals surface area contributed by atoms with Crippen molar-refractivity contribution in [2.45, 2.75) is 38.8 Å². The first-order valence-corrected chi connectivity index (χ1v) is 6.20. The zero-order chi connectivity index (χ0) is 11.4. The zero-order valence-electron chi connectivity index (χ0n) is 10.0. The molecule has 0 amide bonds. The topological polar surface area (TPSA) is 23.5 Å². The number of rotatable bonds is 3. The molecule has 1 aromatic carbocycles. The van der Waals surface area contributed by atoms with E-state index in [4.69, 9.17) is 0 Å². The standard InChI is InChI=1S/C14H21NO/c1-12-5-7-13(8-6-12)10-15-9-3-2-4-14(15)11-16/h5-8,14,16H,2-4,9-11H2,1H3/t14-/m0/s1. The van der Waals surface area contributed by atoms with Crippen molar-refractivity contribution >= 4 is 0 Å². The highest BCUT2D eigenvalue weighted by Crippen LogP contribution is 2.19. The Balaban J connectivity index is 1.99. The Bertz CT molecular complexity index is 320. The van der Waals surface area contributed by atoms with E-state index in [0.717, 1.165) is 19.5 Å². The number of likely N-dealkylation sites (tertiary alicyclic amines) is 1. The molecular weight excluding hydrogens is 198 g/mol. The Morgan fingerprint density at radius 2 is 2.00 bits per heavy atom. The molecule has 2 heteroatoms. The van der Waals surface area contributed by atoms with Crippen LogP contribution in [0.15, 0.2) is 24.3 Å². The molecule has 2 nitrogen and oxygen atoms in total. The smallest absolute Gasteiger partial charge is 0.0586 e. The van der Waals surface area contributed by atoms with Gasteiger partial charge in [0.15, 0.2) is 0 Å². The summed E-state index contributed by atoms with van der Waals surface area (Å²) < 4.78 is 0. The molecule has 16 heavy (non-hydrogen) atoms. The zero-order valence-corrected chi connectivity index (χ0v) is 10.0. The normalized spacial score (nSPS) is 22.2. The van der Waals surface area contributed by atoms with Crippen LogP contribution in [0.5, 0.6) is 0 Å². The lowest BCUT2D eigenvalue weighted by molar-refractivity contribution is 0.0841. The van der Waals surface area contributed by atoms with Crippen LogP contribution in [0.4, 0.5) is 0 Å². The number of aryl methyl sites for hydroxylation is 1. The van der Waals surface area contributed by atoms with E-state index in [2.05, 4.69) is 36.1 Å². The van der Waals surface area contributed by atoms with Crippen molar-refractivity contribution in [3.63, 3.8) is 0 Å². The van der Waals surface area contributed by atoms with E-state index >= 15 is 0 Å². The first-order valence-electron chi connectivity index (χ1n) is 6.20. The molecule has 1 N–H and O–H groups in total. The molecule has 0 radical (unpaired) electrons. The summed E-state index contributed by atoms with van der Waals surface area (Å²) >= 11 is 0. The maximum Gasteiger partial charge on any atom is 0.0586 e. The van der Waals surface area contributed by atoms with Gasteiger partial charge >= 0.3 is 0 Å². The van der Waals surface area contributed by atoms with Crippen LogP contribution in [0.2, 0.25) is 0 Å². The van der Waals surface area contributed by atoms with Crippen LogP contribution >= 0.6 is 0 Å². The van der Waals surface area contributed by atoms with Crippen molar-refractivity contribution in [1.29, 1.82) is 0 Å². The van der Waals surface area contributed by atoms with Gasteiger partial charge in [-0.25, -0.2) is 0 Å². The fourth-order valence-corrected chi connectivity index (χ4v) is 2.40. The van der Waals surface area contributed by atoms with Crippen LogP contribution in [0.1, 0.15) is 30.4 Å².